The predicted molar refractivity (Wildman–Crippen MR) is 60.6 cm³/mol. The Morgan fingerprint density at radius 3 is 2.13 bits per heavy atom. The fourth-order valence-corrected chi connectivity index (χ4v) is 0.388. The normalized spacial score (nSPS) is 11.4. The quantitative estimate of drug-likeness (QED) is 0.345. The van der Waals surface area contributed by atoms with Gasteiger partial charge in [-0.1, -0.05) is 6.58 Å². The van der Waals surface area contributed by atoms with E-state index in [0.717, 1.165) is 19.3 Å². The van der Waals surface area contributed by atoms with E-state index in [1.165, 1.54) is 0 Å². The molecule has 0 aromatic carbocycles. The monoisotopic (exact) mass is 241 g/mol. The molecule has 0 rings (SSSR count). The van der Waals surface area contributed by atoms with Crippen molar-refractivity contribution >= 4 is 13.9 Å². The van der Waals surface area contributed by atoms with E-state index in [2.05, 4.69) is 6.58 Å². The third-order valence-corrected chi connectivity index (χ3v) is 0.949. The van der Waals surface area contributed by atoms with Crippen LogP contribution in [0.3, 0.4) is 0 Å². The van der Waals surface area contributed by atoms with Crippen molar-refractivity contribution in [1.29, 1.82) is 0 Å². The number of ether oxygens (including phenoxy) is 1. The van der Waals surface area contributed by atoms with Gasteiger partial charge in [-0.2, -0.15) is 0 Å². The summed E-state index contributed by atoms with van der Waals surface area (Å²) in [5, 5.41) is 0. The number of nitrogens with zero attached hydrogens (tertiary/aromatic N) is 1. The van der Waals surface area contributed by atoms with Crippen LogP contribution in [0.25, 0.3) is 0 Å². The Bertz CT molecular complexity index is 184. The summed E-state index contributed by atoms with van der Waals surface area (Å²) in [7, 11) is 0.226. The van der Waals surface area contributed by atoms with Crippen LogP contribution in [0.5, 0.6) is 0 Å². The summed E-state index contributed by atoms with van der Waals surface area (Å²) in [6.45, 7) is 5.44. The van der Waals surface area contributed by atoms with Gasteiger partial charge in [0.1, 0.15) is 6.61 Å². The van der Waals surface area contributed by atoms with Gasteiger partial charge >= 0.3 is 35.3 Å². The number of rotatable bonds is 4. The fraction of sp³-hybridized carbons (Fsp3) is 0.625. The Hall–Kier alpha value is -0.520. The van der Waals surface area contributed by atoms with E-state index >= 15 is 0 Å². The second-order valence-corrected chi connectivity index (χ2v) is 5.09. The summed E-state index contributed by atoms with van der Waals surface area (Å²) in [5.41, 5.74) is 0. The van der Waals surface area contributed by atoms with Crippen LogP contribution in [0.15, 0.2) is 12.7 Å². The Labute approximate surface area is 90.4 Å². The first kappa shape index (κ1) is 16.9. The zero-order valence-electron chi connectivity index (χ0n) is 9.30. The third kappa shape index (κ3) is 31.8. The van der Waals surface area contributed by atoms with Gasteiger partial charge in [0.25, 0.3) is 0 Å². The van der Waals surface area contributed by atoms with Gasteiger partial charge in [-0.05, 0) is 14.1 Å². The number of hydrogen-bond donors (Lipinski definition) is 3. The molecule has 15 heavy (non-hydrogen) atoms. The molecule has 3 N–H and O–H groups in total. The van der Waals surface area contributed by atoms with Gasteiger partial charge in [-0.3, -0.25) is 0 Å². The average Bonchev–Trinajstić information content (AvgIpc) is 2.00. The van der Waals surface area contributed by atoms with Crippen LogP contribution >= 0.6 is 7.94 Å². The molecule has 0 heterocycles. The third-order valence-electron chi connectivity index (χ3n) is 0.949. The number of hydrogen-bond acceptors (Lipinski definition) is 6. The Balaban J connectivity index is 0. The van der Waals surface area contributed by atoms with Crippen molar-refractivity contribution in [2.45, 2.75) is 0 Å². The van der Waals surface area contributed by atoms with Crippen LogP contribution < -0.4 is 0 Å². The van der Waals surface area contributed by atoms with Gasteiger partial charge in [0.15, 0.2) is 0 Å². The molecule has 0 atom stereocenters. The molecule has 0 aromatic rings. The van der Waals surface area contributed by atoms with Gasteiger partial charge in [0.2, 0.25) is 0 Å². The first-order chi connectivity index (χ1) is 6.66. The van der Waals surface area contributed by atoms with E-state index in [-0.39, 0.29) is 5.97 Å². The molecular formula is C8H20NO5P. The standard InChI is InChI=1S/C7H13NO2.CH7O3P/c1-4-7(9)10-6-5-8(2)3;1-5(2,3)4/h4H,1,5-6H2,2-3H3;2-5H,1H3. The Kier molecular flexibility index (Phi) is 9.87. The minimum absolute atomic E-state index is 0.359. The summed E-state index contributed by atoms with van der Waals surface area (Å²) in [6, 6.07) is 0. The summed E-state index contributed by atoms with van der Waals surface area (Å²) in [5.74, 6) is -0.359. The van der Waals surface area contributed by atoms with E-state index in [4.69, 9.17) is 19.4 Å². The van der Waals surface area contributed by atoms with Gasteiger partial charge < -0.3 is 9.64 Å². The molecule has 0 aliphatic rings. The van der Waals surface area contributed by atoms with Crippen LogP contribution in [0.2, 0.25) is 0 Å². The van der Waals surface area contributed by atoms with E-state index in [1.54, 1.807) is 0 Å². The maximum atomic E-state index is 10.4. The first-order valence-corrected chi connectivity index (χ1v) is 6.62. The predicted octanol–water partition coefficient (Wildman–Crippen LogP) is -0.635. The van der Waals surface area contributed by atoms with Crippen molar-refractivity contribution in [3.63, 3.8) is 0 Å². The van der Waals surface area contributed by atoms with Crippen molar-refractivity contribution in [3.8, 4) is 0 Å². The van der Waals surface area contributed by atoms with E-state index < -0.39 is 7.94 Å². The molecule has 0 radical (unpaired) electrons. The maximum absolute atomic E-state index is 10.4. The average molecular weight is 241 g/mol. The first-order valence-electron chi connectivity index (χ1n) is 4.28. The van der Waals surface area contributed by atoms with Crippen molar-refractivity contribution in [3.05, 3.63) is 12.7 Å². The SMILES string of the molecule is C=CC(=O)OCCN(C)C.C[PH](O)(O)O. The van der Waals surface area contributed by atoms with Gasteiger partial charge in [0.05, 0.1) is 0 Å². The Morgan fingerprint density at radius 2 is 1.87 bits per heavy atom. The van der Waals surface area contributed by atoms with Gasteiger partial charge in [-0.15, -0.1) is 0 Å². The number of esters is 1. The second-order valence-electron chi connectivity index (χ2n) is 3.15. The van der Waals surface area contributed by atoms with E-state index in [1.807, 2.05) is 19.0 Å². The van der Waals surface area contributed by atoms with Crippen molar-refractivity contribution < 1.29 is 24.2 Å². The molecule has 6 nitrogen and oxygen atoms in total. The molecular weight excluding hydrogens is 221 g/mol. The Morgan fingerprint density at radius 1 is 1.47 bits per heavy atom. The molecule has 0 unspecified atom stereocenters. The number of carbonyl (C=O) groups is 1. The molecule has 0 spiro atoms. The molecule has 92 valence electrons. The molecule has 7 heteroatoms. The zero-order chi connectivity index (χ0) is 12.5. The van der Waals surface area contributed by atoms with Crippen LogP contribution in [0.4, 0.5) is 0 Å². The van der Waals surface area contributed by atoms with Crippen LogP contribution in [-0.4, -0.2) is 59.5 Å². The molecule has 0 amide bonds. The summed E-state index contributed by atoms with van der Waals surface area (Å²) in [6.07, 6.45) is 1.16. The molecule has 0 saturated heterocycles. The second kappa shape index (κ2) is 8.76. The molecule has 0 bridgehead atoms. The molecule has 0 aliphatic heterocycles. The van der Waals surface area contributed by atoms with E-state index in [9.17, 15) is 4.79 Å². The molecule has 0 aromatic heterocycles. The number of carbonyl (C=O) groups excluding carboxylic acids is 1. The summed E-state index contributed by atoms with van der Waals surface area (Å²) >= 11 is 0. The van der Waals surface area contributed by atoms with Gasteiger partial charge in [-0.25, -0.2) is 4.79 Å². The minimum atomic E-state index is -3.61. The van der Waals surface area contributed by atoms with Crippen molar-refractivity contribution in [2.24, 2.45) is 0 Å². The van der Waals surface area contributed by atoms with Crippen LogP contribution in [-0.2, 0) is 9.53 Å². The summed E-state index contributed by atoms with van der Waals surface area (Å²) < 4.78 is 4.70. The zero-order valence-corrected chi connectivity index (χ0v) is 10.3. The number of likely N-dealkylation sites (N-methyl/N-ethyl adjacent to an activating group) is 1. The fourth-order valence-electron chi connectivity index (χ4n) is 0.388. The van der Waals surface area contributed by atoms with Gasteiger partial charge in [0, 0.05) is 12.6 Å². The molecule has 0 aliphatic carbocycles. The molecule has 0 saturated carbocycles. The van der Waals surface area contributed by atoms with Crippen molar-refractivity contribution in [2.75, 3.05) is 33.9 Å². The van der Waals surface area contributed by atoms with Crippen molar-refractivity contribution in [1.82, 2.24) is 4.90 Å². The summed E-state index contributed by atoms with van der Waals surface area (Å²) in [4.78, 5) is 35.7. The van der Waals surface area contributed by atoms with E-state index in [0.29, 0.717) is 6.61 Å². The molecule has 0 fully saturated rings. The van der Waals surface area contributed by atoms with Crippen LogP contribution in [0, 0.1) is 0 Å². The van der Waals surface area contributed by atoms with Crippen LogP contribution in [0.1, 0.15) is 0 Å². The topological polar surface area (TPSA) is 90.2 Å².